The van der Waals surface area contributed by atoms with E-state index in [9.17, 15) is 0 Å². The second-order valence-electron chi connectivity index (χ2n) is 3.74. The second kappa shape index (κ2) is 8.14. The van der Waals surface area contributed by atoms with Crippen molar-refractivity contribution >= 4 is 36.5 Å². The van der Waals surface area contributed by atoms with E-state index in [-0.39, 0.29) is 6.10 Å². The van der Waals surface area contributed by atoms with Crippen LogP contribution >= 0.6 is 30.4 Å². The third-order valence-corrected chi connectivity index (χ3v) is 3.33. The topological polar surface area (TPSA) is 9.23 Å². The highest BCUT2D eigenvalue weighted by molar-refractivity contribution is 14.2. The van der Waals surface area contributed by atoms with Gasteiger partial charge in [0, 0.05) is 21.2 Å². The number of rotatable bonds is 6. The molecule has 0 radical (unpaired) electrons. The van der Waals surface area contributed by atoms with Gasteiger partial charge in [-0.05, 0) is 24.5 Å². The standard InChI is InChI=1S/C13H17IOS/c1-3-7-13(15-16-14)11(2)10-12-8-5-4-6-9-12/h4-6,8-10,13H,3,7H2,1-2H3/b11-10+. The summed E-state index contributed by atoms with van der Waals surface area (Å²) in [5.41, 5.74) is 2.53. The maximum atomic E-state index is 5.65. The molecule has 1 unspecified atom stereocenters. The van der Waals surface area contributed by atoms with Crippen molar-refractivity contribution in [1.82, 2.24) is 0 Å². The van der Waals surface area contributed by atoms with Crippen LogP contribution in [0.2, 0.25) is 0 Å². The predicted molar refractivity (Wildman–Crippen MR) is 81.5 cm³/mol. The third kappa shape index (κ3) is 4.89. The van der Waals surface area contributed by atoms with Gasteiger partial charge in [0.15, 0.2) is 0 Å². The summed E-state index contributed by atoms with van der Waals surface area (Å²) in [4.78, 5) is 0. The van der Waals surface area contributed by atoms with Crippen LogP contribution in [0.1, 0.15) is 32.3 Å². The van der Waals surface area contributed by atoms with Crippen LogP contribution in [0.25, 0.3) is 6.08 Å². The molecular weight excluding hydrogens is 331 g/mol. The summed E-state index contributed by atoms with van der Waals surface area (Å²) >= 11 is 2.17. The first-order valence-corrected chi connectivity index (χ1v) is 8.73. The first kappa shape index (κ1) is 14.1. The number of hydrogen-bond acceptors (Lipinski definition) is 2. The Morgan fingerprint density at radius 1 is 1.44 bits per heavy atom. The van der Waals surface area contributed by atoms with Gasteiger partial charge in [-0.25, -0.2) is 0 Å². The molecule has 0 bridgehead atoms. The van der Waals surface area contributed by atoms with Gasteiger partial charge in [-0.1, -0.05) is 49.8 Å². The lowest BCUT2D eigenvalue weighted by Crippen LogP contribution is -2.09. The first-order valence-electron chi connectivity index (χ1n) is 5.45. The van der Waals surface area contributed by atoms with Crippen molar-refractivity contribution in [2.75, 3.05) is 0 Å². The molecular formula is C13H17IOS. The summed E-state index contributed by atoms with van der Waals surface area (Å²) in [7, 11) is 1.42. The minimum Gasteiger partial charge on any atom is -0.298 e. The fourth-order valence-electron chi connectivity index (χ4n) is 1.56. The maximum absolute atomic E-state index is 5.65. The molecule has 1 aromatic rings. The Kier molecular flexibility index (Phi) is 7.16. The van der Waals surface area contributed by atoms with Crippen LogP contribution in [0, 0.1) is 0 Å². The van der Waals surface area contributed by atoms with E-state index in [2.05, 4.69) is 65.4 Å². The van der Waals surface area contributed by atoms with Gasteiger partial charge in [0.1, 0.15) is 0 Å². The quantitative estimate of drug-likeness (QED) is 0.511. The van der Waals surface area contributed by atoms with Gasteiger partial charge in [0.05, 0.1) is 15.3 Å². The lowest BCUT2D eigenvalue weighted by Gasteiger charge is -2.15. The molecule has 0 spiro atoms. The zero-order valence-corrected chi connectivity index (χ0v) is 12.6. The van der Waals surface area contributed by atoms with Crippen molar-refractivity contribution in [3.8, 4) is 0 Å². The van der Waals surface area contributed by atoms with Crippen molar-refractivity contribution in [2.45, 2.75) is 32.8 Å². The minimum atomic E-state index is 0.229. The molecule has 0 saturated carbocycles. The second-order valence-corrected chi connectivity index (χ2v) is 5.13. The summed E-state index contributed by atoms with van der Waals surface area (Å²) < 4.78 is 5.65. The van der Waals surface area contributed by atoms with Crippen molar-refractivity contribution in [3.05, 3.63) is 41.5 Å². The average molecular weight is 348 g/mol. The van der Waals surface area contributed by atoms with Gasteiger partial charge in [-0.2, -0.15) is 0 Å². The number of hydrogen-bond donors (Lipinski definition) is 0. The van der Waals surface area contributed by atoms with Crippen molar-refractivity contribution < 1.29 is 4.18 Å². The van der Waals surface area contributed by atoms with E-state index in [1.165, 1.54) is 20.4 Å². The Morgan fingerprint density at radius 2 is 2.12 bits per heavy atom. The molecule has 0 heterocycles. The third-order valence-electron chi connectivity index (χ3n) is 2.41. The van der Waals surface area contributed by atoms with Crippen LogP contribution in [0.4, 0.5) is 0 Å². The van der Waals surface area contributed by atoms with E-state index >= 15 is 0 Å². The molecule has 1 atom stereocenters. The van der Waals surface area contributed by atoms with Gasteiger partial charge in [-0.15, -0.1) is 0 Å². The highest BCUT2D eigenvalue weighted by Crippen LogP contribution is 2.24. The molecule has 0 aliphatic heterocycles. The highest BCUT2D eigenvalue weighted by Gasteiger charge is 2.10. The Morgan fingerprint density at radius 3 is 2.69 bits per heavy atom. The molecule has 1 nitrogen and oxygen atoms in total. The molecule has 0 N–H and O–H groups in total. The number of halogens is 1. The van der Waals surface area contributed by atoms with E-state index in [4.69, 9.17) is 4.18 Å². The maximum Gasteiger partial charge on any atom is 0.0942 e. The largest absolute Gasteiger partial charge is 0.298 e. The fourth-order valence-corrected chi connectivity index (χ4v) is 2.65. The van der Waals surface area contributed by atoms with Crippen LogP contribution in [0.15, 0.2) is 35.9 Å². The van der Waals surface area contributed by atoms with Crippen LogP contribution < -0.4 is 0 Å². The van der Waals surface area contributed by atoms with Crippen molar-refractivity contribution in [2.24, 2.45) is 0 Å². The Balaban J connectivity index is 2.73. The van der Waals surface area contributed by atoms with Gasteiger partial charge in [0.25, 0.3) is 0 Å². The molecule has 0 saturated heterocycles. The lowest BCUT2D eigenvalue weighted by molar-refractivity contribution is 0.273. The number of benzene rings is 1. The highest BCUT2D eigenvalue weighted by atomic mass is 127. The molecule has 16 heavy (non-hydrogen) atoms. The van der Waals surface area contributed by atoms with Crippen molar-refractivity contribution in [3.63, 3.8) is 0 Å². The molecule has 0 aliphatic carbocycles. The van der Waals surface area contributed by atoms with E-state index < -0.39 is 0 Å². The monoisotopic (exact) mass is 348 g/mol. The molecule has 0 amide bonds. The molecule has 88 valence electrons. The van der Waals surface area contributed by atoms with E-state index in [0.717, 1.165) is 12.8 Å². The first-order chi connectivity index (χ1) is 7.77. The van der Waals surface area contributed by atoms with Crippen molar-refractivity contribution in [1.29, 1.82) is 0 Å². The average Bonchev–Trinajstić information content (AvgIpc) is 2.30. The predicted octanol–water partition coefficient (Wildman–Crippen LogP) is 5.27. The molecule has 3 heteroatoms. The zero-order valence-electron chi connectivity index (χ0n) is 9.65. The zero-order chi connectivity index (χ0) is 11.8. The van der Waals surface area contributed by atoms with Crippen LogP contribution in [0.3, 0.4) is 0 Å². The summed E-state index contributed by atoms with van der Waals surface area (Å²) in [6.07, 6.45) is 4.65. The SMILES string of the molecule is CCCC(OSI)/C(C)=C/c1ccccc1. The summed E-state index contributed by atoms with van der Waals surface area (Å²) in [6.45, 7) is 4.32. The molecule has 0 aromatic heterocycles. The normalized spacial score (nSPS) is 13.8. The van der Waals surface area contributed by atoms with Gasteiger partial charge < -0.3 is 0 Å². The van der Waals surface area contributed by atoms with E-state index in [1.54, 1.807) is 0 Å². The van der Waals surface area contributed by atoms with E-state index in [0.29, 0.717) is 0 Å². The van der Waals surface area contributed by atoms with E-state index in [1.807, 2.05) is 6.07 Å². The molecule has 0 fully saturated rings. The smallest absolute Gasteiger partial charge is 0.0942 e. The van der Waals surface area contributed by atoms with Gasteiger partial charge in [0.2, 0.25) is 0 Å². The van der Waals surface area contributed by atoms with Crippen LogP contribution in [-0.4, -0.2) is 6.10 Å². The Labute approximate surface area is 114 Å². The molecule has 1 aromatic carbocycles. The Hall–Kier alpha value is 0. The minimum absolute atomic E-state index is 0.229. The molecule has 0 aliphatic rings. The van der Waals surface area contributed by atoms with Crippen LogP contribution in [0.5, 0.6) is 0 Å². The summed E-state index contributed by atoms with van der Waals surface area (Å²) in [6, 6.07) is 10.4. The van der Waals surface area contributed by atoms with Gasteiger partial charge in [-0.3, -0.25) is 4.18 Å². The summed E-state index contributed by atoms with van der Waals surface area (Å²) in [5, 5.41) is 0. The Bertz CT molecular complexity index is 318. The molecule has 1 rings (SSSR count). The van der Waals surface area contributed by atoms with Crippen LogP contribution in [-0.2, 0) is 4.18 Å². The lowest BCUT2D eigenvalue weighted by atomic mass is 10.0. The fraction of sp³-hybridized carbons (Fsp3) is 0.385. The van der Waals surface area contributed by atoms with Gasteiger partial charge >= 0.3 is 0 Å². The summed E-state index contributed by atoms with van der Waals surface area (Å²) in [5.74, 6) is 0.